The molecular weight excluding hydrogens is 209 g/mol. The summed E-state index contributed by atoms with van der Waals surface area (Å²) < 4.78 is 14.1. The molecule has 0 spiro atoms. The highest BCUT2D eigenvalue weighted by Gasteiger charge is 2.01. The number of fused-ring (bicyclic) bond motifs is 1. The molecule has 0 fully saturated rings. The first-order valence-electron chi connectivity index (χ1n) is 4.95. The first kappa shape index (κ1) is 10.5. The molecule has 5 heteroatoms. The van der Waals surface area contributed by atoms with Gasteiger partial charge in [-0.1, -0.05) is 6.07 Å². The van der Waals surface area contributed by atoms with Crippen molar-refractivity contribution in [1.82, 2.24) is 9.99 Å². The summed E-state index contributed by atoms with van der Waals surface area (Å²) in [5, 5.41) is 1.05. The Bertz CT molecular complexity index is 495. The molecule has 0 radical (unpaired) electrons. The number of carbonyl (C=O) groups excluding carboxylic acids is 1. The molecule has 0 aliphatic carbocycles. The molecule has 0 unspecified atom stereocenters. The maximum absolute atomic E-state index is 12.3. The van der Waals surface area contributed by atoms with Crippen molar-refractivity contribution in [2.45, 2.75) is 6.54 Å². The zero-order chi connectivity index (χ0) is 11.4. The fraction of sp³-hybridized carbons (Fsp3) is 0.182. The van der Waals surface area contributed by atoms with E-state index in [1.165, 1.54) is 0 Å². The molecule has 2 aromatic rings. The standard InChI is InChI=1S/C11H12FN3O/c12-4-6-15-5-3-9-1-2-10(7-11(9)15)14-13-8-16/h1-3,5,7-8,14H,4,6H2,(H,13,16). The summed E-state index contributed by atoms with van der Waals surface area (Å²) in [6, 6.07) is 7.56. The Kier molecular flexibility index (Phi) is 3.05. The van der Waals surface area contributed by atoms with Crippen molar-refractivity contribution in [3.63, 3.8) is 0 Å². The van der Waals surface area contributed by atoms with E-state index in [2.05, 4.69) is 10.9 Å². The second kappa shape index (κ2) is 4.65. The highest BCUT2D eigenvalue weighted by molar-refractivity contribution is 5.83. The topological polar surface area (TPSA) is 46.1 Å². The third-order valence-corrected chi connectivity index (χ3v) is 2.37. The largest absolute Gasteiger partial charge is 0.345 e. The van der Waals surface area contributed by atoms with Crippen LogP contribution in [0.4, 0.5) is 10.1 Å². The Morgan fingerprint density at radius 3 is 3.00 bits per heavy atom. The second-order valence-electron chi connectivity index (χ2n) is 3.36. The lowest BCUT2D eigenvalue weighted by atomic mass is 10.2. The first-order valence-corrected chi connectivity index (χ1v) is 4.95. The number of aryl methyl sites for hydroxylation is 1. The zero-order valence-corrected chi connectivity index (χ0v) is 8.61. The van der Waals surface area contributed by atoms with Gasteiger partial charge in [0.1, 0.15) is 6.67 Å². The van der Waals surface area contributed by atoms with Crippen molar-refractivity contribution in [2.24, 2.45) is 0 Å². The molecule has 2 N–H and O–H groups in total. The second-order valence-corrected chi connectivity index (χ2v) is 3.36. The van der Waals surface area contributed by atoms with Crippen LogP contribution in [0.15, 0.2) is 30.5 Å². The molecule has 0 saturated carbocycles. The van der Waals surface area contributed by atoms with Gasteiger partial charge in [-0.25, -0.2) is 4.39 Å². The van der Waals surface area contributed by atoms with E-state index in [1.807, 2.05) is 35.0 Å². The summed E-state index contributed by atoms with van der Waals surface area (Å²) in [5.74, 6) is 0. The van der Waals surface area contributed by atoms with Crippen LogP contribution in [0.25, 0.3) is 10.9 Å². The molecule has 1 amide bonds. The number of amides is 1. The van der Waals surface area contributed by atoms with Crippen molar-refractivity contribution in [2.75, 3.05) is 12.1 Å². The maximum atomic E-state index is 12.3. The summed E-state index contributed by atoms with van der Waals surface area (Å²) in [6.07, 6.45) is 2.41. The quantitative estimate of drug-likeness (QED) is 0.596. The highest BCUT2D eigenvalue weighted by Crippen LogP contribution is 2.20. The van der Waals surface area contributed by atoms with Crippen molar-refractivity contribution < 1.29 is 9.18 Å². The summed E-state index contributed by atoms with van der Waals surface area (Å²) in [4.78, 5) is 10.1. The van der Waals surface area contributed by atoms with Crippen LogP contribution < -0.4 is 10.9 Å². The van der Waals surface area contributed by atoms with Gasteiger partial charge < -0.3 is 4.57 Å². The van der Waals surface area contributed by atoms with Crippen LogP contribution >= 0.6 is 0 Å². The Balaban J connectivity index is 2.33. The molecule has 1 aromatic carbocycles. The van der Waals surface area contributed by atoms with Crippen molar-refractivity contribution in [1.29, 1.82) is 0 Å². The summed E-state index contributed by atoms with van der Waals surface area (Å²) in [6.45, 7) is -0.0535. The van der Waals surface area contributed by atoms with Gasteiger partial charge in [0, 0.05) is 6.20 Å². The van der Waals surface area contributed by atoms with Gasteiger partial charge in [-0.05, 0) is 23.6 Å². The van der Waals surface area contributed by atoms with Crippen LogP contribution in [0.1, 0.15) is 0 Å². The first-order chi connectivity index (χ1) is 7.85. The summed E-state index contributed by atoms with van der Waals surface area (Å²) >= 11 is 0. The zero-order valence-electron chi connectivity index (χ0n) is 8.61. The minimum absolute atomic E-state index is 0.341. The minimum atomic E-state index is -0.395. The van der Waals surface area contributed by atoms with Gasteiger partial charge in [0.15, 0.2) is 0 Å². The number of hydrazine groups is 1. The molecule has 84 valence electrons. The van der Waals surface area contributed by atoms with E-state index in [1.54, 1.807) is 0 Å². The lowest BCUT2D eigenvalue weighted by Crippen LogP contribution is -2.18. The number of benzene rings is 1. The van der Waals surface area contributed by atoms with Gasteiger partial charge in [0.25, 0.3) is 0 Å². The predicted octanol–water partition coefficient (Wildman–Crippen LogP) is 1.68. The lowest BCUT2D eigenvalue weighted by Gasteiger charge is -2.06. The van der Waals surface area contributed by atoms with Gasteiger partial charge in [-0.2, -0.15) is 0 Å². The smallest absolute Gasteiger partial charge is 0.225 e. The van der Waals surface area contributed by atoms with Crippen LogP contribution in [-0.4, -0.2) is 17.7 Å². The Morgan fingerprint density at radius 2 is 2.25 bits per heavy atom. The summed E-state index contributed by atoms with van der Waals surface area (Å²) in [5.41, 5.74) is 6.78. The molecule has 0 bridgehead atoms. The Morgan fingerprint density at radius 1 is 1.38 bits per heavy atom. The highest BCUT2D eigenvalue weighted by atomic mass is 19.1. The van der Waals surface area contributed by atoms with Crippen molar-refractivity contribution in [3.05, 3.63) is 30.5 Å². The number of halogens is 1. The molecule has 2 rings (SSSR count). The number of anilines is 1. The third-order valence-electron chi connectivity index (χ3n) is 2.37. The van der Waals surface area contributed by atoms with E-state index in [-0.39, 0.29) is 0 Å². The van der Waals surface area contributed by atoms with Gasteiger partial charge >= 0.3 is 0 Å². The number of hydrogen-bond acceptors (Lipinski definition) is 2. The third kappa shape index (κ3) is 1.98. The predicted molar refractivity (Wildman–Crippen MR) is 60.7 cm³/mol. The summed E-state index contributed by atoms with van der Waals surface area (Å²) in [7, 11) is 0. The molecule has 1 heterocycles. The molecule has 0 atom stereocenters. The van der Waals surface area contributed by atoms with E-state index in [9.17, 15) is 9.18 Å². The van der Waals surface area contributed by atoms with E-state index >= 15 is 0 Å². The number of nitrogens with zero attached hydrogens (tertiary/aromatic N) is 1. The Hall–Kier alpha value is -2.04. The molecule has 0 saturated heterocycles. The fourth-order valence-corrected chi connectivity index (χ4v) is 1.66. The van der Waals surface area contributed by atoms with Crippen molar-refractivity contribution >= 4 is 23.0 Å². The number of alkyl halides is 1. The number of nitrogens with one attached hydrogen (secondary N) is 2. The number of carbonyl (C=O) groups is 1. The number of rotatable bonds is 5. The SMILES string of the molecule is O=CNNc1ccc2ccn(CCF)c2c1. The van der Waals surface area contributed by atoms with Crippen molar-refractivity contribution in [3.8, 4) is 0 Å². The van der Waals surface area contributed by atoms with Gasteiger partial charge in [-0.15, -0.1) is 0 Å². The molecular formula is C11H12FN3O. The fourth-order valence-electron chi connectivity index (χ4n) is 1.66. The van der Waals surface area contributed by atoms with E-state index in [0.717, 1.165) is 16.6 Å². The minimum Gasteiger partial charge on any atom is -0.345 e. The van der Waals surface area contributed by atoms with Crippen LogP contribution in [0.5, 0.6) is 0 Å². The van der Waals surface area contributed by atoms with Crippen LogP contribution in [0, 0.1) is 0 Å². The molecule has 0 aliphatic rings. The monoisotopic (exact) mass is 221 g/mol. The van der Waals surface area contributed by atoms with Gasteiger partial charge in [0.2, 0.25) is 6.41 Å². The number of aromatic nitrogens is 1. The lowest BCUT2D eigenvalue weighted by molar-refractivity contribution is -0.109. The van der Waals surface area contributed by atoms with Gasteiger partial charge in [-0.3, -0.25) is 15.6 Å². The normalized spacial score (nSPS) is 10.3. The van der Waals surface area contributed by atoms with E-state index < -0.39 is 6.67 Å². The van der Waals surface area contributed by atoms with Crippen LogP contribution in [0.2, 0.25) is 0 Å². The molecule has 0 aliphatic heterocycles. The Labute approximate surface area is 92.0 Å². The molecule has 4 nitrogen and oxygen atoms in total. The maximum Gasteiger partial charge on any atom is 0.225 e. The molecule has 16 heavy (non-hydrogen) atoms. The van der Waals surface area contributed by atoms with Crippen LogP contribution in [0.3, 0.4) is 0 Å². The number of hydrogen-bond donors (Lipinski definition) is 2. The van der Waals surface area contributed by atoms with Gasteiger partial charge in [0.05, 0.1) is 17.7 Å². The van der Waals surface area contributed by atoms with E-state index in [0.29, 0.717) is 13.0 Å². The van der Waals surface area contributed by atoms with Crippen LogP contribution in [-0.2, 0) is 11.3 Å². The average molecular weight is 221 g/mol. The average Bonchev–Trinajstić information content (AvgIpc) is 2.70. The van der Waals surface area contributed by atoms with E-state index in [4.69, 9.17) is 0 Å². The molecule has 1 aromatic heterocycles.